The van der Waals surface area contributed by atoms with E-state index in [0.29, 0.717) is 21.6 Å². The maximum Gasteiger partial charge on any atom is 0.270 e. The Morgan fingerprint density at radius 3 is 2.71 bits per heavy atom. The molecule has 3 N–H and O–H groups in total. The van der Waals surface area contributed by atoms with E-state index in [9.17, 15) is 9.59 Å². The summed E-state index contributed by atoms with van der Waals surface area (Å²) in [5, 5.41) is 12.6. The number of aromatic nitrogens is 2. The molecular weight excluding hydrogens is 446 g/mol. The molecule has 1 aromatic carbocycles. The fraction of sp³-hybridized carbons (Fsp3) is 0.421. The number of likely N-dealkylation sites (tertiary alicyclic amines) is 1. The molecule has 1 fully saturated rings. The van der Waals surface area contributed by atoms with Crippen molar-refractivity contribution in [2.24, 2.45) is 5.92 Å². The molecule has 9 heteroatoms. The van der Waals surface area contributed by atoms with Crippen LogP contribution in [-0.2, 0) is 0 Å². The first-order chi connectivity index (χ1) is 13.5. The lowest BCUT2D eigenvalue weighted by Crippen LogP contribution is -2.39. The van der Waals surface area contributed by atoms with E-state index in [1.807, 2.05) is 0 Å². The smallest absolute Gasteiger partial charge is 0.270 e. The lowest BCUT2D eigenvalue weighted by molar-refractivity contribution is 0.0938. The van der Waals surface area contributed by atoms with Gasteiger partial charge < -0.3 is 15.5 Å². The monoisotopic (exact) mass is 467 g/mol. The van der Waals surface area contributed by atoms with E-state index >= 15 is 0 Å². The Hall–Kier alpha value is -1.90. The van der Waals surface area contributed by atoms with Crippen LogP contribution in [0.1, 0.15) is 40.6 Å². The Kier molecular flexibility index (Phi) is 7.09. The van der Waals surface area contributed by atoms with Gasteiger partial charge >= 0.3 is 0 Å². The van der Waals surface area contributed by atoms with Gasteiger partial charge in [0.05, 0.1) is 15.1 Å². The van der Waals surface area contributed by atoms with Crippen molar-refractivity contribution in [3.8, 4) is 0 Å². The summed E-state index contributed by atoms with van der Waals surface area (Å²) in [5.74, 6) is 0.346. The molecule has 2 amide bonds. The predicted molar refractivity (Wildman–Crippen MR) is 113 cm³/mol. The van der Waals surface area contributed by atoms with Gasteiger partial charge in [-0.1, -0.05) is 30.7 Å². The average molecular weight is 469 g/mol. The number of rotatable bonds is 6. The first-order valence-electron chi connectivity index (χ1n) is 9.26. The molecular formula is C19H23BrClN5O2. The highest BCUT2D eigenvalue weighted by Crippen LogP contribution is 2.25. The number of H-pyrrole nitrogens is 1. The van der Waals surface area contributed by atoms with E-state index in [1.54, 1.807) is 24.3 Å². The van der Waals surface area contributed by atoms with Gasteiger partial charge in [-0.25, -0.2) is 0 Å². The highest BCUT2D eigenvalue weighted by molar-refractivity contribution is 9.10. The van der Waals surface area contributed by atoms with Gasteiger partial charge in [-0.2, -0.15) is 5.10 Å². The number of carbonyl (C=O) groups excluding carboxylic acids is 2. The van der Waals surface area contributed by atoms with Crippen LogP contribution in [0.15, 0.2) is 28.7 Å². The lowest BCUT2D eigenvalue weighted by atomic mass is 9.99. The second-order valence-corrected chi connectivity index (χ2v) is 8.18. The molecule has 2 aromatic rings. The van der Waals surface area contributed by atoms with Gasteiger partial charge in [0.2, 0.25) is 0 Å². The molecule has 0 spiro atoms. The van der Waals surface area contributed by atoms with E-state index in [-0.39, 0.29) is 17.4 Å². The molecule has 0 radical (unpaired) electrons. The SMILES string of the molecule is CC1CCN(CCNC(=O)c2[nH]nc(NC(=O)c3ccccc3Cl)c2Br)CC1. The van der Waals surface area contributed by atoms with Crippen molar-refractivity contribution in [2.45, 2.75) is 19.8 Å². The largest absolute Gasteiger partial charge is 0.349 e. The van der Waals surface area contributed by atoms with Gasteiger partial charge in [0, 0.05) is 13.1 Å². The van der Waals surface area contributed by atoms with Crippen LogP contribution in [-0.4, -0.2) is 53.1 Å². The molecule has 1 saturated heterocycles. The fourth-order valence-electron chi connectivity index (χ4n) is 3.08. The maximum absolute atomic E-state index is 12.4. The van der Waals surface area contributed by atoms with Crippen molar-refractivity contribution in [2.75, 3.05) is 31.5 Å². The van der Waals surface area contributed by atoms with Crippen molar-refractivity contribution in [3.05, 3.63) is 45.0 Å². The van der Waals surface area contributed by atoms with E-state index < -0.39 is 5.91 Å². The summed E-state index contributed by atoms with van der Waals surface area (Å²) in [6.45, 7) is 5.79. The second-order valence-electron chi connectivity index (χ2n) is 6.98. The average Bonchev–Trinajstić information content (AvgIpc) is 3.04. The van der Waals surface area contributed by atoms with Gasteiger partial charge in [0.15, 0.2) is 5.82 Å². The van der Waals surface area contributed by atoms with Crippen LogP contribution in [0.5, 0.6) is 0 Å². The predicted octanol–water partition coefficient (Wildman–Crippen LogP) is 3.54. The number of anilines is 1. The first kappa shape index (κ1) is 20.8. The molecule has 0 saturated carbocycles. The molecule has 150 valence electrons. The van der Waals surface area contributed by atoms with Crippen molar-refractivity contribution in [3.63, 3.8) is 0 Å². The van der Waals surface area contributed by atoms with Crippen molar-refractivity contribution in [1.82, 2.24) is 20.4 Å². The first-order valence-corrected chi connectivity index (χ1v) is 10.4. The Morgan fingerprint density at radius 1 is 1.29 bits per heavy atom. The normalized spacial score (nSPS) is 15.4. The van der Waals surface area contributed by atoms with Crippen molar-refractivity contribution < 1.29 is 9.59 Å². The van der Waals surface area contributed by atoms with Crippen LogP contribution >= 0.6 is 27.5 Å². The lowest BCUT2D eigenvalue weighted by Gasteiger charge is -2.30. The zero-order chi connectivity index (χ0) is 20.1. The summed E-state index contributed by atoms with van der Waals surface area (Å²) < 4.78 is 0.400. The zero-order valence-electron chi connectivity index (χ0n) is 15.6. The highest BCUT2D eigenvalue weighted by atomic mass is 79.9. The molecule has 1 aromatic heterocycles. The summed E-state index contributed by atoms with van der Waals surface area (Å²) in [6.07, 6.45) is 2.41. The third kappa shape index (κ3) is 5.12. The van der Waals surface area contributed by atoms with Gasteiger partial charge in [0.25, 0.3) is 11.8 Å². The Morgan fingerprint density at radius 2 is 2.00 bits per heavy atom. The molecule has 0 unspecified atom stereocenters. The molecule has 28 heavy (non-hydrogen) atoms. The number of carbonyl (C=O) groups is 2. The summed E-state index contributed by atoms with van der Waals surface area (Å²) >= 11 is 9.37. The summed E-state index contributed by atoms with van der Waals surface area (Å²) in [6, 6.07) is 6.73. The van der Waals surface area contributed by atoms with Crippen LogP contribution in [0.25, 0.3) is 0 Å². The Bertz CT molecular complexity index is 849. The van der Waals surface area contributed by atoms with Crippen LogP contribution in [0.4, 0.5) is 5.82 Å². The molecule has 0 atom stereocenters. The Labute approximate surface area is 177 Å². The van der Waals surface area contributed by atoms with Crippen LogP contribution in [0.2, 0.25) is 5.02 Å². The minimum atomic E-state index is -0.399. The van der Waals surface area contributed by atoms with Gasteiger partial charge in [0.1, 0.15) is 5.69 Å². The molecule has 3 rings (SSSR count). The Balaban J connectivity index is 1.54. The third-order valence-electron chi connectivity index (χ3n) is 4.87. The number of nitrogens with zero attached hydrogens (tertiary/aromatic N) is 2. The van der Waals surface area contributed by atoms with E-state index in [2.05, 4.69) is 48.6 Å². The minimum absolute atomic E-state index is 0.236. The summed E-state index contributed by atoms with van der Waals surface area (Å²) in [5.41, 5.74) is 0.600. The van der Waals surface area contributed by atoms with Crippen LogP contribution < -0.4 is 10.6 Å². The third-order valence-corrected chi connectivity index (χ3v) is 5.98. The maximum atomic E-state index is 12.4. The number of piperidine rings is 1. The topological polar surface area (TPSA) is 90.1 Å². The number of halogens is 2. The number of nitrogens with one attached hydrogen (secondary N) is 3. The number of amides is 2. The van der Waals surface area contributed by atoms with E-state index in [0.717, 1.165) is 25.6 Å². The quantitative estimate of drug-likeness (QED) is 0.605. The van der Waals surface area contributed by atoms with Gasteiger partial charge in [-0.15, -0.1) is 0 Å². The standard InChI is InChI=1S/C19H23BrClN5O2/c1-12-6-9-26(10-7-12)11-8-22-19(28)16-15(20)17(25-24-16)23-18(27)13-4-2-3-5-14(13)21/h2-5,12H,6-11H2,1H3,(H,22,28)(H2,23,24,25,27). The molecule has 0 bridgehead atoms. The summed E-state index contributed by atoms with van der Waals surface area (Å²) in [4.78, 5) is 27.1. The van der Waals surface area contributed by atoms with Crippen molar-refractivity contribution in [1.29, 1.82) is 0 Å². The van der Waals surface area contributed by atoms with Gasteiger partial charge in [-0.3, -0.25) is 14.7 Å². The van der Waals surface area contributed by atoms with E-state index in [1.165, 1.54) is 12.8 Å². The second kappa shape index (κ2) is 9.54. The number of aromatic amines is 1. The molecule has 0 aliphatic carbocycles. The number of benzene rings is 1. The molecule has 2 heterocycles. The van der Waals surface area contributed by atoms with Crippen LogP contribution in [0, 0.1) is 5.92 Å². The number of hydrogen-bond donors (Lipinski definition) is 3. The minimum Gasteiger partial charge on any atom is -0.349 e. The van der Waals surface area contributed by atoms with E-state index in [4.69, 9.17) is 11.6 Å². The molecule has 1 aliphatic rings. The summed E-state index contributed by atoms with van der Waals surface area (Å²) in [7, 11) is 0. The molecule has 7 nitrogen and oxygen atoms in total. The zero-order valence-corrected chi connectivity index (χ0v) is 17.9. The molecule has 1 aliphatic heterocycles. The van der Waals surface area contributed by atoms with Crippen molar-refractivity contribution >= 4 is 45.2 Å². The fourth-order valence-corrected chi connectivity index (χ4v) is 3.76. The van der Waals surface area contributed by atoms with Crippen LogP contribution in [0.3, 0.4) is 0 Å². The highest BCUT2D eigenvalue weighted by Gasteiger charge is 2.20. The van der Waals surface area contributed by atoms with Gasteiger partial charge in [-0.05, 0) is 59.9 Å². The number of hydrogen-bond acceptors (Lipinski definition) is 4.